The number of pyridine rings is 1. The molecular formula is C14H10ClFN2O3. The summed E-state index contributed by atoms with van der Waals surface area (Å²) >= 11 is 5.84. The molecule has 0 spiro atoms. The zero-order valence-electron chi connectivity index (χ0n) is 10.7. The summed E-state index contributed by atoms with van der Waals surface area (Å²) in [5.41, 5.74) is -0.0446. The Hall–Kier alpha value is -2.47. The summed E-state index contributed by atoms with van der Waals surface area (Å²) in [6.45, 7) is -0.618. The lowest BCUT2D eigenvalue weighted by molar-refractivity contribution is -0.135. The average Bonchev–Trinajstić information content (AvgIpc) is 2.44. The Morgan fingerprint density at radius 3 is 2.67 bits per heavy atom. The third kappa shape index (κ3) is 3.55. The lowest BCUT2D eigenvalue weighted by Crippen LogP contribution is -2.36. The number of anilines is 1. The third-order valence-electron chi connectivity index (χ3n) is 2.65. The molecule has 0 unspecified atom stereocenters. The first-order chi connectivity index (χ1) is 9.99. The quantitative estimate of drug-likeness (QED) is 0.881. The summed E-state index contributed by atoms with van der Waals surface area (Å²) in [5.74, 6) is -2.99. The van der Waals surface area contributed by atoms with E-state index in [0.717, 1.165) is 4.90 Å². The lowest BCUT2D eigenvalue weighted by atomic mass is 10.2. The smallest absolute Gasteiger partial charge is 0.323 e. The zero-order valence-corrected chi connectivity index (χ0v) is 11.4. The van der Waals surface area contributed by atoms with E-state index in [2.05, 4.69) is 4.98 Å². The zero-order chi connectivity index (χ0) is 15.4. The largest absolute Gasteiger partial charge is 0.480 e. The molecule has 1 heterocycles. The molecular weight excluding hydrogens is 299 g/mol. The number of rotatable bonds is 4. The topological polar surface area (TPSA) is 70.5 Å². The van der Waals surface area contributed by atoms with Crippen LogP contribution in [0, 0.1) is 5.95 Å². The molecule has 0 aliphatic carbocycles. The van der Waals surface area contributed by atoms with E-state index in [1.54, 1.807) is 12.1 Å². The maximum atomic E-state index is 13.6. The van der Waals surface area contributed by atoms with E-state index in [9.17, 15) is 14.0 Å². The molecule has 0 saturated heterocycles. The van der Waals surface area contributed by atoms with Crippen molar-refractivity contribution in [1.29, 1.82) is 0 Å². The van der Waals surface area contributed by atoms with Crippen molar-refractivity contribution in [2.45, 2.75) is 0 Å². The monoisotopic (exact) mass is 308 g/mol. The summed E-state index contributed by atoms with van der Waals surface area (Å²) < 4.78 is 13.6. The number of carbonyl (C=O) groups excluding carboxylic acids is 1. The molecule has 2 aromatic rings. The molecule has 0 fully saturated rings. The van der Waals surface area contributed by atoms with Crippen LogP contribution >= 0.6 is 11.6 Å². The predicted octanol–water partition coefficient (Wildman–Crippen LogP) is 2.61. The summed E-state index contributed by atoms with van der Waals surface area (Å²) in [7, 11) is 0. The first-order valence-corrected chi connectivity index (χ1v) is 6.26. The van der Waals surface area contributed by atoms with Crippen molar-refractivity contribution in [3.05, 3.63) is 59.1 Å². The van der Waals surface area contributed by atoms with Crippen molar-refractivity contribution in [1.82, 2.24) is 4.98 Å². The van der Waals surface area contributed by atoms with Crippen LogP contribution in [-0.4, -0.2) is 28.5 Å². The SMILES string of the molecule is O=C(O)CN(C(=O)c1cccnc1F)c1cccc(Cl)c1. The second-order valence-electron chi connectivity index (χ2n) is 4.11. The summed E-state index contributed by atoms with van der Waals surface area (Å²) in [4.78, 5) is 27.6. The molecule has 0 saturated carbocycles. The van der Waals surface area contributed by atoms with Gasteiger partial charge >= 0.3 is 5.97 Å². The van der Waals surface area contributed by atoms with E-state index in [4.69, 9.17) is 16.7 Å². The number of nitrogens with zero attached hydrogens (tertiary/aromatic N) is 2. The van der Waals surface area contributed by atoms with E-state index in [-0.39, 0.29) is 11.3 Å². The minimum atomic E-state index is -1.23. The van der Waals surface area contributed by atoms with Crippen molar-refractivity contribution in [3.63, 3.8) is 0 Å². The number of hydrogen-bond donors (Lipinski definition) is 1. The fourth-order valence-corrected chi connectivity index (χ4v) is 1.94. The average molecular weight is 309 g/mol. The summed E-state index contributed by atoms with van der Waals surface area (Å²) in [6, 6.07) is 8.73. The van der Waals surface area contributed by atoms with Gasteiger partial charge in [-0.05, 0) is 30.3 Å². The van der Waals surface area contributed by atoms with Gasteiger partial charge in [0.15, 0.2) is 0 Å². The first kappa shape index (κ1) is 14.9. The van der Waals surface area contributed by atoms with Gasteiger partial charge in [0.2, 0.25) is 5.95 Å². The maximum absolute atomic E-state index is 13.6. The number of carboxylic acid groups (broad SMARTS) is 1. The standard InChI is InChI=1S/C14H10ClFN2O3/c15-9-3-1-4-10(7-9)18(8-12(19)20)14(21)11-5-2-6-17-13(11)16/h1-7H,8H2,(H,19,20). The van der Waals surface area contributed by atoms with Crippen molar-refractivity contribution in [2.24, 2.45) is 0 Å². The lowest BCUT2D eigenvalue weighted by Gasteiger charge is -2.21. The van der Waals surface area contributed by atoms with Crippen LogP contribution in [0.1, 0.15) is 10.4 Å². The van der Waals surface area contributed by atoms with E-state index in [1.807, 2.05) is 0 Å². The van der Waals surface area contributed by atoms with Crippen LogP contribution in [0.3, 0.4) is 0 Å². The van der Waals surface area contributed by atoms with Gasteiger partial charge in [-0.25, -0.2) is 4.98 Å². The Labute approximate surface area is 124 Å². The van der Waals surface area contributed by atoms with Crippen LogP contribution in [0.25, 0.3) is 0 Å². The van der Waals surface area contributed by atoms with Gasteiger partial charge in [-0.2, -0.15) is 4.39 Å². The minimum Gasteiger partial charge on any atom is -0.480 e. The Bertz CT molecular complexity index is 693. The summed E-state index contributed by atoms with van der Waals surface area (Å²) in [6.07, 6.45) is 1.20. The van der Waals surface area contributed by atoms with Crippen molar-refractivity contribution in [2.75, 3.05) is 11.4 Å². The minimum absolute atomic E-state index is 0.262. The Morgan fingerprint density at radius 1 is 1.29 bits per heavy atom. The van der Waals surface area contributed by atoms with Crippen LogP contribution in [0.4, 0.5) is 10.1 Å². The predicted molar refractivity (Wildman–Crippen MR) is 75.0 cm³/mol. The van der Waals surface area contributed by atoms with Gasteiger partial charge < -0.3 is 5.11 Å². The Morgan fingerprint density at radius 2 is 2.05 bits per heavy atom. The van der Waals surface area contributed by atoms with E-state index >= 15 is 0 Å². The number of aromatic nitrogens is 1. The Balaban J connectivity index is 2.43. The van der Waals surface area contributed by atoms with Crippen LogP contribution in [0.2, 0.25) is 5.02 Å². The Kier molecular flexibility index (Phi) is 4.49. The summed E-state index contributed by atoms with van der Waals surface area (Å²) in [5, 5.41) is 9.28. The fraction of sp³-hybridized carbons (Fsp3) is 0.0714. The van der Waals surface area contributed by atoms with Crippen LogP contribution in [0.5, 0.6) is 0 Å². The number of hydrogen-bond acceptors (Lipinski definition) is 3. The molecule has 1 aromatic carbocycles. The molecule has 2 rings (SSSR count). The number of aliphatic carboxylic acids is 1. The molecule has 5 nitrogen and oxygen atoms in total. The van der Waals surface area contributed by atoms with Crippen LogP contribution in [0.15, 0.2) is 42.6 Å². The second kappa shape index (κ2) is 6.32. The van der Waals surface area contributed by atoms with E-state index < -0.39 is 24.4 Å². The fourth-order valence-electron chi connectivity index (χ4n) is 1.75. The van der Waals surface area contributed by atoms with Gasteiger partial charge in [0.25, 0.3) is 5.91 Å². The molecule has 21 heavy (non-hydrogen) atoms. The van der Waals surface area contributed by atoms with Gasteiger partial charge in [0.05, 0.1) is 5.56 Å². The van der Waals surface area contributed by atoms with Crippen molar-refractivity contribution in [3.8, 4) is 0 Å². The van der Waals surface area contributed by atoms with Gasteiger partial charge in [-0.15, -0.1) is 0 Å². The molecule has 0 atom stereocenters. The molecule has 0 bridgehead atoms. The molecule has 108 valence electrons. The second-order valence-corrected chi connectivity index (χ2v) is 4.54. The molecule has 0 radical (unpaired) electrons. The van der Waals surface area contributed by atoms with E-state index in [0.29, 0.717) is 5.02 Å². The van der Waals surface area contributed by atoms with Gasteiger partial charge in [0, 0.05) is 16.9 Å². The van der Waals surface area contributed by atoms with Gasteiger partial charge in [0.1, 0.15) is 6.54 Å². The van der Waals surface area contributed by atoms with Crippen molar-refractivity contribution >= 4 is 29.2 Å². The normalized spacial score (nSPS) is 10.2. The highest BCUT2D eigenvalue weighted by atomic mass is 35.5. The molecule has 0 aliphatic rings. The van der Waals surface area contributed by atoms with Crippen LogP contribution < -0.4 is 4.90 Å². The number of carboxylic acids is 1. The van der Waals surface area contributed by atoms with E-state index in [1.165, 1.54) is 30.5 Å². The van der Waals surface area contributed by atoms with Crippen molar-refractivity contribution < 1.29 is 19.1 Å². The highest BCUT2D eigenvalue weighted by molar-refractivity contribution is 6.31. The number of amides is 1. The molecule has 1 amide bonds. The number of benzene rings is 1. The molecule has 7 heteroatoms. The maximum Gasteiger partial charge on any atom is 0.323 e. The molecule has 0 aliphatic heterocycles. The van der Waals surface area contributed by atoms with Gasteiger partial charge in [-0.3, -0.25) is 14.5 Å². The number of carbonyl (C=O) groups is 2. The molecule has 1 N–H and O–H groups in total. The molecule has 1 aromatic heterocycles. The highest BCUT2D eigenvalue weighted by Crippen LogP contribution is 2.21. The van der Waals surface area contributed by atoms with Crippen LogP contribution in [-0.2, 0) is 4.79 Å². The first-order valence-electron chi connectivity index (χ1n) is 5.89. The number of halogens is 2. The van der Waals surface area contributed by atoms with Gasteiger partial charge in [-0.1, -0.05) is 17.7 Å². The third-order valence-corrected chi connectivity index (χ3v) is 2.88. The highest BCUT2D eigenvalue weighted by Gasteiger charge is 2.23.